The van der Waals surface area contributed by atoms with E-state index in [0.717, 1.165) is 40.8 Å². The number of nitrogens with one attached hydrogen (secondary N) is 1. The highest BCUT2D eigenvalue weighted by atomic mass is 19.1. The number of furan rings is 1. The van der Waals surface area contributed by atoms with E-state index in [1.165, 1.54) is 12.1 Å². The lowest BCUT2D eigenvalue weighted by Crippen LogP contribution is -2.21. The van der Waals surface area contributed by atoms with Gasteiger partial charge in [-0.05, 0) is 45.0 Å². The molecule has 0 aliphatic carbocycles. The van der Waals surface area contributed by atoms with E-state index in [1.54, 1.807) is 6.07 Å². The number of benzene rings is 1. The molecule has 19 heavy (non-hydrogen) atoms. The summed E-state index contributed by atoms with van der Waals surface area (Å²) in [5.74, 6) is 0.647. The zero-order valence-electron chi connectivity index (χ0n) is 11.7. The number of hydrogen-bond donors (Lipinski definition) is 1. The Labute approximate surface area is 113 Å². The third-order valence-electron chi connectivity index (χ3n) is 3.25. The fourth-order valence-electron chi connectivity index (χ4n) is 2.40. The Morgan fingerprint density at radius 1 is 1.47 bits per heavy atom. The first-order valence-electron chi connectivity index (χ1n) is 6.59. The van der Waals surface area contributed by atoms with E-state index in [4.69, 9.17) is 4.42 Å². The maximum absolute atomic E-state index is 13.3. The minimum absolute atomic E-state index is 0.0953. The Kier molecular flexibility index (Phi) is 4.05. The van der Waals surface area contributed by atoms with Crippen LogP contribution in [0.1, 0.15) is 37.6 Å². The number of fused-ring (bicyclic) bond motifs is 1. The van der Waals surface area contributed by atoms with E-state index in [9.17, 15) is 4.39 Å². The van der Waals surface area contributed by atoms with Gasteiger partial charge in [-0.1, -0.05) is 12.5 Å². The van der Waals surface area contributed by atoms with E-state index in [-0.39, 0.29) is 11.9 Å². The van der Waals surface area contributed by atoms with Crippen LogP contribution in [0.25, 0.3) is 11.0 Å². The second kappa shape index (κ2) is 5.57. The highest BCUT2D eigenvalue weighted by molar-refractivity contribution is 5.82. The van der Waals surface area contributed by atoms with Crippen molar-refractivity contribution in [2.75, 3.05) is 6.54 Å². The molecule has 1 heterocycles. The number of aryl methyl sites for hydroxylation is 1. The molecule has 1 aromatic heterocycles. The summed E-state index contributed by atoms with van der Waals surface area (Å²) >= 11 is 0. The van der Waals surface area contributed by atoms with E-state index in [2.05, 4.69) is 18.8 Å². The Morgan fingerprint density at radius 3 is 2.84 bits per heavy atom. The van der Waals surface area contributed by atoms with Crippen molar-refractivity contribution in [2.45, 2.75) is 33.2 Å². The van der Waals surface area contributed by atoms with E-state index >= 15 is 0 Å². The summed E-state index contributed by atoms with van der Waals surface area (Å²) < 4.78 is 19.2. The normalized spacial score (nSPS) is 12.8. The molecule has 0 bridgehead atoms. The smallest absolute Gasteiger partial charge is 0.134 e. The van der Waals surface area contributed by atoms with Crippen molar-refractivity contribution < 1.29 is 8.81 Å². The topological polar surface area (TPSA) is 25.2 Å². The Balaban J connectivity index is 2.47. The van der Waals surface area contributed by atoms with Gasteiger partial charge in [0.1, 0.15) is 17.2 Å². The van der Waals surface area contributed by atoms with Crippen molar-refractivity contribution in [2.24, 2.45) is 0 Å². The van der Waals surface area contributed by atoms with Crippen LogP contribution in [0.2, 0.25) is 0 Å². The van der Waals surface area contributed by atoms with Crippen molar-refractivity contribution in [1.82, 2.24) is 5.32 Å². The highest BCUT2D eigenvalue weighted by Crippen LogP contribution is 2.32. The molecular formula is C16H20FNO. The van der Waals surface area contributed by atoms with Crippen molar-refractivity contribution in [3.8, 4) is 0 Å². The molecule has 0 spiro atoms. The summed E-state index contributed by atoms with van der Waals surface area (Å²) in [6, 6.07) is 4.74. The van der Waals surface area contributed by atoms with Gasteiger partial charge in [-0.25, -0.2) is 4.39 Å². The van der Waals surface area contributed by atoms with Crippen molar-refractivity contribution in [1.29, 1.82) is 0 Å². The maximum Gasteiger partial charge on any atom is 0.134 e. The summed E-state index contributed by atoms with van der Waals surface area (Å²) in [6.07, 6.45) is 0.816. The van der Waals surface area contributed by atoms with Crippen LogP contribution in [-0.4, -0.2) is 6.54 Å². The monoisotopic (exact) mass is 261 g/mol. The second-order valence-electron chi connectivity index (χ2n) is 5.00. The Morgan fingerprint density at radius 2 is 2.21 bits per heavy atom. The fourth-order valence-corrected chi connectivity index (χ4v) is 2.40. The first kappa shape index (κ1) is 13.8. The summed E-state index contributed by atoms with van der Waals surface area (Å²) in [5, 5.41) is 4.25. The van der Waals surface area contributed by atoms with Crippen LogP contribution in [0.4, 0.5) is 4.39 Å². The van der Waals surface area contributed by atoms with Gasteiger partial charge in [0.2, 0.25) is 0 Å². The Hall–Kier alpha value is -1.61. The second-order valence-corrected chi connectivity index (χ2v) is 5.00. The first-order valence-corrected chi connectivity index (χ1v) is 6.59. The molecule has 0 amide bonds. The molecule has 3 heteroatoms. The molecule has 0 aliphatic rings. The number of hydrogen-bond acceptors (Lipinski definition) is 2. The van der Waals surface area contributed by atoms with Gasteiger partial charge in [-0.3, -0.25) is 0 Å². The number of rotatable bonds is 5. The molecule has 0 saturated carbocycles. The fraction of sp³-hybridized carbons (Fsp3) is 0.375. The molecule has 0 saturated heterocycles. The van der Waals surface area contributed by atoms with Crippen LogP contribution in [0.3, 0.4) is 0 Å². The summed E-state index contributed by atoms with van der Waals surface area (Å²) in [6.45, 7) is 10.8. The molecule has 0 aliphatic heterocycles. The minimum atomic E-state index is -0.233. The quantitative estimate of drug-likeness (QED) is 0.802. The molecule has 102 valence electrons. The zero-order valence-corrected chi connectivity index (χ0v) is 11.7. The maximum atomic E-state index is 13.3. The van der Waals surface area contributed by atoms with E-state index in [0.29, 0.717) is 0 Å². The minimum Gasteiger partial charge on any atom is -0.459 e. The predicted molar refractivity (Wildman–Crippen MR) is 76.8 cm³/mol. The third-order valence-corrected chi connectivity index (χ3v) is 3.25. The van der Waals surface area contributed by atoms with Gasteiger partial charge in [0.05, 0.1) is 6.04 Å². The molecule has 0 fully saturated rings. The van der Waals surface area contributed by atoms with Crippen molar-refractivity contribution in [3.05, 3.63) is 47.5 Å². The van der Waals surface area contributed by atoms with Crippen LogP contribution in [0.5, 0.6) is 0 Å². The molecule has 1 N–H and O–H groups in total. The summed E-state index contributed by atoms with van der Waals surface area (Å²) in [5.41, 5.74) is 2.83. The van der Waals surface area contributed by atoms with Gasteiger partial charge in [-0.15, -0.1) is 6.58 Å². The van der Waals surface area contributed by atoms with Gasteiger partial charge < -0.3 is 9.73 Å². The van der Waals surface area contributed by atoms with Crippen LogP contribution in [0.15, 0.2) is 34.8 Å². The molecule has 0 radical (unpaired) electrons. The predicted octanol–water partition coefficient (Wildman–Crippen LogP) is 4.50. The highest BCUT2D eigenvalue weighted by Gasteiger charge is 2.19. The lowest BCUT2D eigenvalue weighted by atomic mass is 10.0. The molecule has 1 unspecified atom stereocenters. The standard InChI is InChI=1S/C16H20FNO/c1-5-18-14(8-10(2)3)16-11(4)13-9-12(17)6-7-15(13)19-16/h6-7,9,14,18H,2,5,8H2,1,3-4H3. The summed E-state index contributed by atoms with van der Waals surface area (Å²) in [4.78, 5) is 0. The third kappa shape index (κ3) is 2.87. The lowest BCUT2D eigenvalue weighted by molar-refractivity contribution is 0.431. The number of halogens is 1. The average molecular weight is 261 g/mol. The molecule has 2 nitrogen and oxygen atoms in total. The summed E-state index contributed by atoms with van der Waals surface area (Å²) in [7, 11) is 0. The van der Waals surface area contributed by atoms with Crippen LogP contribution < -0.4 is 5.32 Å². The van der Waals surface area contributed by atoms with Gasteiger partial charge in [0.15, 0.2) is 0 Å². The van der Waals surface area contributed by atoms with Gasteiger partial charge in [-0.2, -0.15) is 0 Å². The van der Waals surface area contributed by atoms with E-state index in [1.807, 2.05) is 13.8 Å². The molecular weight excluding hydrogens is 241 g/mol. The van der Waals surface area contributed by atoms with Crippen molar-refractivity contribution >= 4 is 11.0 Å². The molecule has 1 atom stereocenters. The van der Waals surface area contributed by atoms with Crippen LogP contribution >= 0.6 is 0 Å². The van der Waals surface area contributed by atoms with Crippen LogP contribution in [0, 0.1) is 12.7 Å². The van der Waals surface area contributed by atoms with Gasteiger partial charge in [0.25, 0.3) is 0 Å². The first-order chi connectivity index (χ1) is 9.02. The molecule has 2 aromatic rings. The SMILES string of the molecule is C=C(C)CC(NCC)c1oc2ccc(F)cc2c1C. The van der Waals surface area contributed by atoms with Gasteiger partial charge >= 0.3 is 0 Å². The van der Waals surface area contributed by atoms with Gasteiger partial charge in [0, 0.05) is 10.9 Å². The lowest BCUT2D eigenvalue weighted by Gasteiger charge is -2.16. The van der Waals surface area contributed by atoms with Crippen LogP contribution in [-0.2, 0) is 0 Å². The molecule has 2 rings (SSSR count). The Bertz CT molecular complexity index is 600. The largest absolute Gasteiger partial charge is 0.459 e. The van der Waals surface area contributed by atoms with Crippen molar-refractivity contribution in [3.63, 3.8) is 0 Å². The van der Waals surface area contributed by atoms with E-state index < -0.39 is 0 Å². The zero-order chi connectivity index (χ0) is 14.0. The average Bonchev–Trinajstić information content (AvgIpc) is 2.66. The molecule has 1 aromatic carbocycles.